The molecule has 6 nitrogen and oxygen atoms in total. The first kappa shape index (κ1) is 21.4. The van der Waals surface area contributed by atoms with Gasteiger partial charge in [0, 0.05) is 25.4 Å². The average molecular weight is 461 g/mol. The van der Waals surface area contributed by atoms with Gasteiger partial charge in [0.15, 0.2) is 5.96 Å². The highest BCUT2D eigenvalue weighted by atomic mass is 127. The fourth-order valence-electron chi connectivity index (χ4n) is 2.16. The topological polar surface area (TPSA) is 74.5 Å². The van der Waals surface area contributed by atoms with Gasteiger partial charge in [-0.2, -0.15) is 5.10 Å². The highest BCUT2D eigenvalue weighted by molar-refractivity contribution is 14.0. The van der Waals surface area contributed by atoms with E-state index in [2.05, 4.69) is 20.7 Å². The van der Waals surface area contributed by atoms with Crippen LogP contribution in [0.15, 0.2) is 41.7 Å². The van der Waals surface area contributed by atoms with Gasteiger partial charge in [0.25, 0.3) is 0 Å². The zero-order valence-corrected chi connectivity index (χ0v) is 17.0. The third kappa shape index (κ3) is 6.62. The fourth-order valence-corrected chi connectivity index (χ4v) is 2.16. The van der Waals surface area contributed by atoms with Crippen molar-refractivity contribution in [2.75, 3.05) is 13.1 Å². The van der Waals surface area contributed by atoms with Crippen molar-refractivity contribution in [3.8, 4) is 0 Å². The molecule has 0 aliphatic rings. The van der Waals surface area contributed by atoms with Crippen LogP contribution in [-0.4, -0.2) is 33.9 Å². The Morgan fingerprint density at radius 3 is 2.56 bits per heavy atom. The number of aryl methyl sites for hydroxylation is 1. The Kier molecular flexibility index (Phi) is 8.30. The first-order chi connectivity index (χ1) is 11.4. The van der Waals surface area contributed by atoms with Gasteiger partial charge in [0.2, 0.25) is 0 Å². The van der Waals surface area contributed by atoms with Crippen LogP contribution in [-0.2, 0) is 19.2 Å². The molecule has 8 heteroatoms. The Morgan fingerprint density at radius 2 is 2.00 bits per heavy atom. The van der Waals surface area contributed by atoms with Gasteiger partial charge in [-0.05, 0) is 31.5 Å². The molecule has 0 saturated heterocycles. The van der Waals surface area contributed by atoms with Crippen molar-refractivity contribution in [2.45, 2.75) is 26.0 Å². The number of aliphatic hydroxyl groups is 1. The lowest BCUT2D eigenvalue weighted by Gasteiger charge is -2.23. The molecule has 1 atom stereocenters. The summed E-state index contributed by atoms with van der Waals surface area (Å²) < 4.78 is 14.6. The van der Waals surface area contributed by atoms with E-state index in [1.807, 2.05) is 6.92 Å². The lowest BCUT2D eigenvalue weighted by atomic mass is 10.00. The third-order valence-corrected chi connectivity index (χ3v) is 3.60. The molecule has 0 bridgehead atoms. The van der Waals surface area contributed by atoms with Crippen molar-refractivity contribution < 1.29 is 9.50 Å². The Labute approximate surface area is 164 Å². The molecule has 1 unspecified atom stereocenters. The number of guanidine groups is 1. The highest BCUT2D eigenvalue weighted by Gasteiger charge is 2.24. The highest BCUT2D eigenvalue weighted by Crippen LogP contribution is 2.18. The predicted octanol–water partition coefficient (Wildman–Crippen LogP) is 2.14. The summed E-state index contributed by atoms with van der Waals surface area (Å²) in [6.45, 7) is 5.10. The summed E-state index contributed by atoms with van der Waals surface area (Å²) in [5, 5.41) is 20.9. The van der Waals surface area contributed by atoms with Crippen molar-refractivity contribution in [3.63, 3.8) is 0 Å². The second kappa shape index (κ2) is 9.71. The van der Waals surface area contributed by atoms with Gasteiger partial charge < -0.3 is 15.7 Å². The van der Waals surface area contributed by atoms with Gasteiger partial charge in [-0.15, -0.1) is 24.0 Å². The summed E-state index contributed by atoms with van der Waals surface area (Å²) in [5.41, 5.74) is 0.569. The number of aliphatic imine (C=N–C) groups is 1. The number of halogens is 2. The minimum Gasteiger partial charge on any atom is -0.383 e. The molecule has 2 rings (SSSR count). The standard InChI is InChI=1S/C17H24FN5O.HI/c1-4-19-16(20-9-13-5-7-15(18)8-6-13)21-12-17(2,24)14-10-22-23(3)11-14;/h5-8,10-11,24H,4,9,12H2,1-3H3,(H2,19,20,21);1H. The summed E-state index contributed by atoms with van der Waals surface area (Å²) in [5.74, 6) is 0.325. The molecule has 0 saturated carbocycles. The molecule has 2 aromatic rings. The molecular formula is C17H25FIN5O. The maximum atomic E-state index is 12.9. The van der Waals surface area contributed by atoms with Crippen LogP contribution in [0.2, 0.25) is 0 Å². The number of aromatic nitrogens is 2. The number of nitrogens with one attached hydrogen (secondary N) is 2. The number of hydrogen-bond donors (Lipinski definition) is 3. The molecule has 1 aromatic carbocycles. The lowest BCUT2D eigenvalue weighted by Crippen LogP contribution is -2.44. The van der Waals surface area contributed by atoms with Crippen LogP contribution in [0.4, 0.5) is 4.39 Å². The van der Waals surface area contributed by atoms with Crippen molar-refractivity contribution in [1.29, 1.82) is 0 Å². The number of hydrogen-bond acceptors (Lipinski definition) is 3. The zero-order valence-electron chi connectivity index (χ0n) is 14.7. The molecule has 0 radical (unpaired) electrons. The van der Waals surface area contributed by atoms with Crippen LogP contribution in [0.3, 0.4) is 0 Å². The maximum absolute atomic E-state index is 12.9. The molecule has 0 amide bonds. The lowest BCUT2D eigenvalue weighted by molar-refractivity contribution is 0.0616. The first-order valence-electron chi connectivity index (χ1n) is 7.89. The van der Waals surface area contributed by atoms with Crippen LogP contribution < -0.4 is 10.6 Å². The van der Waals surface area contributed by atoms with E-state index in [-0.39, 0.29) is 36.3 Å². The largest absolute Gasteiger partial charge is 0.383 e. The second-order valence-electron chi connectivity index (χ2n) is 5.85. The summed E-state index contributed by atoms with van der Waals surface area (Å²) >= 11 is 0. The predicted molar refractivity (Wildman–Crippen MR) is 107 cm³/mol. The summed E-state index contributed by atoms with van der Waals surface area (Å²) in [7, 11) is 1.81. The molecule has 0 aliphatic heterocycles. The molecule has 3 N–H and O–H groups in total. The van der Waals surface area contributed by atoms with Crippen molar-refractivity contribution >= 4 is 29.9 Å². The van der Waals surface area contributed by atoms with E-state index in [1.165, 1.54) is 12.1 Å². The second-order valence-corrected chi connectivity index (χ2v) is 5.85. The van der Waals surface area contributed by atoms with Crippen LogP contribution >= 0.6 is 24.0 Å². The van der Waals surface area contributed by atoms with Crippen LogP contribution in [0, 0.1) is 5.82 Å². The Morgan fingerprint density at radius 1 is 1.32 bits per heavy atom. The monoisotopic (exact) mass is 461 g/mol. The summed E-state index contributed by atoms with van der Waals surface area (Å²) in [6, 6.07) is 6.24. The van der Waals surface area contributed by atoms with Crippen molar-refractivity contribution in [1.82, 2.24) is 20.4 Å². The molecule has 0 spiro atoms. The molecule has 25 heavy (non-hydrogen) atoms. The number of benzene rings is 1. The molecular weight excluding hydrogens is 436 g/mol. The van der Waals surface area contributed by atoms with Gasteiger partial charge in [-0.25, -0.2) is 9.38 Å². The quantitative estimate of drug-likeness (QED) is 0.350. The summed E-state index contributed by atoms with van der Waals surface area (Å²) in [4.78, 5) is 4.46. The Balaban J connectivity index is 0.00000312. The van der Waals surface area contributed by atoms with E-state index in [0.29, 0.717) is 19.0 Å². The normalized spacial score (nSPS) is 13.7. The van der Waals surface area contributed by atoms with Crippen molar-refractivity contribution in [2.24, 2.45) is 12.0 Å². The molecule has 138 valence electrons. The van der Waals surface area contributed by atoms with Gasteiger partial charge in [-0.3, -0.25) is 4.68 Å². The number of nitrogens with zero attached hydrogens (tertiary/aromatic N) is 3. The summed E-state index contributed by atoms with van der Waals surface area (Å²) in [6.07, 6.45) is 3.43. The zero-order chi connectivity index (χ0) is 17.6. The minimum atomic E-state index is -1.07. The first-order valence-corrected chi connectivity index (χ1v) is 7.89. The van der Waals surface area contributed by atoms with Gasteiger partial charge in [0.1, 0.15) is 11.4 Å². The van der Waals surface area contributed by atoms with Crippen LogP contribution in [0.5, 0.6) is 0 Å². The van der Waals surface area contributed by atoms with Gasteiger partial charge >= 0.3 is 0 Å². The van der Waals surface area contributed by atoms with E-state index in [1.54, 1.807) is 43.2 Å². The Hall–Kier alpha value is -1.68. The van der Waals surface area contributed by atoms with Gasteiger partial charge in [-0.1, -0.05) is 12.1 Å². The van der Waals surface area contributed by atoms with E-state index in [9.17, 15) is 9.50 Å². The molecule has 0 aliphatic carbocycles. The van der Waals surface area contributed by atoms with Crippen LogP contribution in [0.25, 0.3) is 0 Å². The smallest absolute Gasteiger partial charge is 0.191 e. The van der Waals surface area contributed by atoms with E-state index in [4.69, 9.17) is 0 Å². The SMILES string of the molecule is CCNC(=NCc1ccc(F)cc1)NCC(C)(O)c1cnn(C)c1.I. The number of rotatable bonds is 6. The van der Waals surface area contributed by atoms with E-state index >= 15 is 0 Å². The van der Waals surface area contributed by atoms with Crippen LogP contribution in [0.1, 0.15) is 25.0 Å². The average Bonchev–Trinajstić information content (AvgIpc) is 2.99. The van der Waals surface area contributed by atoms with E-state index in [0.717, 1.165) is 11.1 Å². The minimum absolute atomic E-state index is 0. The van der Waals surface area contributed by atoms with E-state index < -0.39 is 5.60 Å². The van der Waals surface area contributed by atoms with Gasteiger partial charge in [0.05, 0.1) is 19.3 Å². The molecule has 0 fully saturated rings. The molecule has 1 heterocycles. The fraction of sp³-hybridized carbons (Fsp3) is 0.412. The third-order valence-electron chi connectivity index (χ3n) is 3.60. The molecule has 1 aromatic heterocycles. The van der Waals surface area contributed by atoms with Crippen molar-refractivity contribution in [3.05, 3.63) is 53.6 Å². The maximum Gasteiger partial charge on any atom is 0.191 e. The Bertz CT molecular complexity index is 685.